The summed E-state index contributed by atoms with van der Waals surface area (Å²) in [5.74, 6) is 0.988. The Hall–Kier alpha value is -2.54. The zero-order valence-corrected chi connectivity index (χ0v) is 19.3. The zero-order valence-electron chi connectivity index (χ0n) is 19.3. The Morgan fingerprint density at radius 1 is 0.710 bits per heavy atom. The average Bonchev–Trinajstić information content (AvgIpc) is 2.79. The molecule has 2 aliphatic rings. The molecule has 0 amide bonds. The van der Waals surface area contributed by atoms with Crippen LogP contribution in [-0.4, -0.2) is 6.61 Å². The third kappa shape index (κ3) is 3.69. The van der Waals surface area contributed by atoms with Crippen molar-refractivity contribution >= 4 is 0 Å². The molecule has 160 valence electrons. The van der Waals surface area contributed by atoms with Gasteiger partial charge in [-0.25, -0.2) is 0 Å². The Balaban J connectivity index is 1.77. The average molecular weight is 411 g/mol. The molecular weight excluding hydrogens is 376 g/mol. The number of hydrogen-bond acceptors (Lipinski definition) is 1. The van der Waals surface area contributed by atoms with Crippen LogP contribution in [-0.2, 0) is 25.7 Å². The van der Waals surface area contributed by atoms with Crippen LogP contribution in [0, 0.1) is 13.8 Å². The minimum absolute atomic E-state index is 0.689. The fraction of sp³-hybridized carbons (Fsp3) is 0.400. The number of rotatable bonds is 4. The highest BCUT2D eigenvalue weighted by molar-refractivity contribution is 5.85. The molecule has 1 heteroatoms. The second kappa shape index (κ2) is 8.54. The molecule has 0 aromatic heterocycles. The van der Waals surface area contributed by atoms with Crippen molar-refractivity contribution in [2.45, 2.75) is 72.1 Å². The molecule has 1 nitrogen and oxygen atoms in total. The van der Waals surface area contributed by atoms with E-state index in [4.69, 9.17) is 4.74 Å². The first-order valence-corrected chi connectivity index (χ1v) is 12.2. The van der Waals surface area contributed by atoms with Crippen LogP contribution in [0.15, 0.2) is 42.5 Å². The molecule has 0 atom stereocenters. The predicted octanol–water partition coefficient (Wildman–Crippen LogP) is 7.79. The molecule has 0 bridgehead atoms. The summed E-state index contributed by atoms with van der Waals surface area (Å²) < 4.78 is 6.01. The highest BCUT2D eigenvalue weighted by atomic mass is 16.5. The number of benzene rings is 3. The highest BCUT2D eigenvalue weighted by Gasteiger charge is 2.25. The lowest BCUT2D eigenvalue weighted by atomic mass is 9.76. The van der Waals surface area contributed by atoms with Gasteiger partial charge in [0.15, 0.2) is 0 Å². The standard InChI is InChI=1S/C30H34O/c1-4-31-29-16-10-9-15-26(29)27-17-20(2)18-28(21(27)3)30-24-13-7-5-11-22(24)19-23-12-6-8-14-25(23)30/h9-10,15-19H,4-8,11-14H2,1-3H3. The van der Waals surface area contributed by atoms with Crippen LogP contribution in [0.3, 0.4) is 0 Å². The van der Waals surface area contributed by atoms with Gasteiger partial charge in [-0.3, -0.25) is 0 Å². The Kier molecular flexibility index (Phi) is 5.61. The van der Waals surface area contributed by atoms with E-state index in [-0.39, 0.29) is 0 Å². The maximum atomic E-state index is 6.01. The van der Waals surface area contributed by atoms with Gasteiger partial charge >= 0.3 is 0 Å². The predicted molar refractivity (Wildman–Crippen MR) is 131 cm³/mol. The lowest BCUT2D eigenvalue weighted by Crippen LogP contribution is -2.13. The van der Waals surface area contributed by atoms with E-state index >= 15 is 0 Å². The molecule has 0 radical (unpaired) electrons. The fourth-order valence-corrected chi connectivity index (χ4v) is 5.83. The van der Waals surface area contributed by atoms with Crippen LogP contribution in [0.25, 0.3) is 22.3 Å². The maximum Gasteiger partial charge on any atom is 0.127 e. The number of hydrogen-bond donors (Lipinski definition) is 0. The lowest BCUT2D eigenvalue weighted by molar-refractivity contribution is 0.341. The van der Waals surface area contributed by atoms with E-state index in [1.807, 2.05) is 0 Å². The van der Waals surface area contributed by atoms with Gasteiger partial charge in [-0.1, -0.05) is 36.4 Å². The Morgan fingerprint density at radius 3 is 2.00 bits per heavy atom. The van der Waals surface area contributed by atoms with Crippen molar-refractivity contribution in [3.63, 3.8) is 0 Å². The third-order valence-electron chi connectivity index (χ3n) is 7.27. The van der Waals surface area contributed by atoms with Gasteiger partial charge in [0.05, 0.1) is 6.61 Å². The quantitative estimate of drug-likeness (QED) is 0.426. The summed E-state index contributed by atoms with van der Waals surface area (Å²) in [5, 5.41) is 0. The molecule has 5 rings (SSSR count). The van der Waals surface area contributed by atoms with E-state index in [0.29, 0.717) is 6.61 Å². The van der Waals surface area contributed by atoms with Crippen molar-refractivity contribution in [2.24, 2.45) is 0 Å². The second-order valence-corrected chi connectivity index (χ2v) is 9.36. The SMILES string of the molecule is CCOc1ccccc1-c1cc(C)cc(-c2c3c(cc4c2CCCC4)CCCC3)c1C. The summed E-state index contributed by atoms with van der Waals surface area (Å²) >= 11 is 0. The van der Waals surface area contributed by atoms with Crippen molar-refractivity contribution in [1.82, 2.24) is 0 Å². The Labute approximate surface area is 187 Å². The molecule has 31 heavy (non-hydrogen) atoms. The Morgan fingerprint density at radius 2 is 1.32 bits per heavy atom. The van der Waals surface area contributed by atoms with E-state index in [9.17, 15) is 0 Å². The number of para-hydroxylation sites is 1. The van der Waals surface area contributed by atoms with Gasteiger partial charge in [0.25, 0.3) is 0 Å². The van der Waals surface area contributed by atoms with E-state index in [0.717, 1.165) is 5.75 Å². The molecular formula is C30H34O. The maximum absolute atomic E-state index is 6.01. The molecule has 0 spiro atoms. The van der Waals surface area contributed by atoms with Gasteiger partial charge < -0.3 is 4.74 Å². The number of aryl methyl sites for hydroxylation is 3. The highest BCUT2D eigenvalue weighted by Crippen LogP contribution is 2.44. The lowest BCUT2D eigenvalue weighted by Gasteiger charge is -2.29. The molecule has 3 aromatic carbocycles. The van der Waals surface area contributed by atoms with Gasteiger partial charge in [0.1, 0.15) is 5.75 Å². The van der Waals surface area contributed by atoms with E-state index < -0.39 is 0 Å². The van der Waals surface area contributed by atoms with Gasteiger partial charge in [-0.15, -0.1) is 0 Å². The topological polar surface area (TPSA) is 9.23 Å². The summed E-state index contributed by atoms with van der Waals surface area (Å²) in [4.78, 5) is 0. The van der Waals surface area contributed by atoms with Crippen LogP contribution < -0.4 is 4.74 Å². The van der Waals surface area contributed by atoms with E-state index in [2.05, 4.69) is 63.2 Å². The van der Waals surface area contributed by atoms with Crippen molar-refractivity contribution in [3.8, 4) is 28.0 Å². The van der Waals surface area contributed by atoms with Gasteiger partial charge in [-0.2, -0.15) is 0 Å². The molecule has 3 aromatic rings. The first-order chi connectivity index (χ1) is 15.2. The molecule has 0 saturated carbocycles. The third-order valence-corrected chi connectivity index (χ3v) is 7.27. The molecule has 0 unspecified atom stereocenters. The van der Waals surface area contributed by atoms with Crippen molar-refractivity contribution in [1.29, 1.82) is 0 Å². The molecule has 0 fully saturated rings. The first kappa shape index (κ1) is 20.4. The van der Waals surface area contributed by atoms with Crippen LogP contribution >= 0.6 is 0 Å². The van der Waals surface area contributed by atoms with E-state index in [1.165, 1.54) is 79.2 Å². The minimum atomic E-state index is 0.689. The summed E-state index contributed by atoms with van der Waals surface area (Å²) in [5.41, 5.74) is 14.8. The summed E-state index contributed by atoms with van der Waals surface area (Å²) in [7, 11) is 0. The molecule has 0 aliphatic heterocycles. The minimum Gasteiger partial charge on any atom is -0.493 e. The van der Waals surface area contributed by atoms with Crippen LogP contribution in [0.1, 0.15) is 66.0 Å². The molecule has 0 saturated heterocycles. The normalized spacial score (nSPS) is 15.3. The zero-order chi connectivity index (χ0) is 21.4. The summed E-state index contributed by atoms with van der Waals surface area (Å²) in [6.45, 7) is 7.32. The second-order valence-electron chi connectivity index (χ2n) is 9.36. The molecule has 0 N–H and O–H groups in total. The summed E-state index contributed by atoms with van der Waals surface area (Å²) in [6.07, 6.45) is 10.3. The fourth-order valence-electron chi connectivity index (χ4n) is 5.83. The smallest absolute Gasteiger partial charge is 0.127 e. The Bertz CT molecular complexity index is 1090. The van der Waals surface area contributed by atoms with Crippen molar-refractivity contribution in [2.75, 3.05) is 6.61 Å². The first-order valence-electron chi connectivity index (χ1n) is 12.2. The largest absolute Gasteiger partial charge is 0.493 e. The van der Waals surface area contributed by atoms with Gasteiger partial charge in [0, 0.05) is 5.56 Å². The van der Waals surface area contributed by atoms with Crippen LogP contribution in [0.2, 0.25) is 0 Å². The molecule has 0 heterocycles. The number of fused-ring (bicyclic) bond motifs is 2. The summed E-state index contributed by atoms with van der Waals surface area (Å²) in [6, 6.07) is 15.9. The monoisotopic (exact) mass is 410 g/mol. The van der Waals surface area contributed by atoms with Crippen LogP contribution in [0.5, 0.6) is 5.75 Å². The van der Waals surface area contributed by atoms with Crippen LogP contribution in [0.4, 0.5) is 0 Å². The van der Waals surface area contributed by atoms with Gasteiger partial charge in [-0.05, 0) is 128 Å². The van der Waals surface area contributed by atoms with Crippen molar-refractivity contribution < 1.29 is 4.74 Å². The van der Waals surface area contributed by atoms with Gasteiger partial charge in [0.2, 0.25) is 0 Å². The molecule has 2 aliphatic carbocycles. The number of ether oxygens (including phenoxy) is 1. The van der Waals surface area contributed by atoms with Crippen molar-refractivity contribution in [3.05, 3.63) is 75.8 Å². The van der Waals surface area contributed by atoms with E-state index in [1.54, 1.807) is 27.8 Å².